The number of anilines is 1. The number of amides is 3. The highest BCUT2D eigenvalue weighted by Crippen LogP contribution is 2.26. The molecule has 8 heteroatoms. The number of rotatable bonds is 10. The lowest BCUT2D eigenvalue weighted by atomic mass is 10.1. The molecule has 0 aliphatic heterocycles. The van der Waals surface area contributed by atoms with Gasteiger partial charge in [-0.3, -0.25) is 9.78 Å². The Bertz CT molecular complexity index is 823. The van der Waals surface area contributed by atoms with E-state index in [-0.39, 0.29) is 11.9 Å². The molecule has 0 aromatic carbocycles. The number of pyridine rings is 2. The predicted octanol–water partition coefficient (Wildman–Crippen LogP) is 2.23. The van der Waals surface area contributed by atoms with Crippen molar-refractivity contribution in [3.63, 3.8) is 0 Å². The predicted molar refractivity (Wildman–Crippen MR) is 112 cm³/mol. The Morgan fingerprint density at radius 1 is 1.14 bits per heavy atom. The zero-order valence-corrected chi connectivity index (χ0v) is 16.7. The molecule has 2 heterocycles. The summed E-state index contributed by atoms with van der Waals surface area (Å²) in [4.78, 5) is 32.5. The number of aromatic nitrogens is 2. The van der Waals surface area contributed by atoms with Crippen molar-refractivity contribution >= 4 is 17.8 Å². The minimum absolute atomic E-state index is 0.131. The number of unbranched alkanes of at least 4 members (excludes halogenated alkanes) is 1. The Hall–Kier alpha value is -3.16. The molecular formula is C21H28N6O2. The number of nitrogens with one attached hydrogen (secondary N) is 4. The molecule has 29 heavy (non-hydrogen) atoms. The average Bonchev–Trinajstić information content (AvgIpc) is 3.56. The zero-order chi connectivity index (χ0) is 20.5. The van der Waals surface area contributed by atoms with Crippen LogP contribution in [0.15, 0.2) is 36.7 Å². The van der Waals surface area contributed by atoms with Crippen LogP contribution in [-0.4, -0.2) is 41.5 Å². The monoisotopic (exact) mass is 396 g/mol. The second kappa shape index (κ2) is 10.4. The van der Waals surface area contributed by atoms with E-state index in [2.05, 4.69) is 31.2 Å². The van der Waals surface area contributed by atoms with Crippen LogP contribution in [0.1, 0.15) is 47.3 Å². The highest BCUT2D eigenvalue weighted by molar-refractivity contribution is 5.98. The standard InChI is InChI=1S/C21H28N6O2/c1-22-20(28)18-10-9-16(26-19(18)27-17-7-8-17)6-2-3-12-24-21(29)25-14-15-5-4-11-23-13-15/h4-5,9-11,13,17H,2-3,6-8,12,14H2,1H3,(H,22,28)(H,26,27)(H2,24,25,29). The molecule has 3 rings (SSSR count). The van der Waals surface area contributed by atoms with Gasteiger partial charge in [-0.1, -0.05) is 6.07 Å². The molecule has 154 valence electrons. The number of urea groups is 1. The molecule has 3 amide bonds. The van der Waals surface area contributed by atoms with Crippen molar-refractivity contribution in [2.75, 3.05) is 18.9 Å². The summed E-state index contributed by atoms with van der Waals surface area (Å²) in [5.41, 5.74) is 2.49. The first-order valence-corrected chi connectivity index (χ1v) is 10.0. The van der Waals surface area contributed by atoms with Crippen molar-refractivity contribution in [2.45, 2.75) is 44.7 Å². The van der Waals surface area contributed by atoms with Crippen LogP contribution in [0.2, 0.25) is 0 Å². The summed E-state index contributed by atoms with van der Waals surface area (Å²) >= 11 is 0. The van der Waals surface area contributed by atoms with Crippen molar-refractivity contribution in [3.05, 3.63) is 53.5 Å². The summed E-state index contributed by atoms with van der Waals surface area (Å²) in [6, 6.07) is 7.73. The summed E-state index contributed by atoms with van der Waals surface area (Å²) in [5.74, 6) is 0.533. The van der Waals surface area contributed by atoms with E-state index in [1.165, 1.54) is 0 Å². The van der Waals surface area contributed by atoms with Gasteiger partial charge in [-0.05, 0) is 55.9 Å². The summed E-state index contributed by atoms with van der Waals surface area (Å²) in [5, 5.41) is 11.7. The van der Waals surface area contributed by atoms with Crippen LogP contribution in [0, 0.1) is 0 Å². The molecule has 2 aromatic rings. The van der Waals surface area contributed by atoms with E-state index in [9.17, 15) is 9.59 Å². The zero-order valence-electron chi connectivity index (χ0n) is 16.7. The van der Waals surface area contributed by atoms with E-state index < -0.39 is 0 Å². The van der Waals surface area contributed by atoms with Crippen LogP contribution in [0.25, 0.3) is 0 Å². The van der Waals surface area contributed by atoms with Gasteiger partial charge in [0.1, 0.15) is 5.82 Å². The Labute approximate surface area is 170 Å². The van der Waals surface area contributed by atoms with Crippen molar-refractivity contribution in [1.82, 2.24) is 25.9 Å². The quantitative estimate of drug-likeness (QED) is 0.461. The van der Waals surface area contributed by atoms with Gasteiger partial charge in [0.15, 0.2) is 0 Å². The molecule has 0 bridgehead atoms. The average molecular weight is 396 g/mol. The maximum Gasteiger partial charge on any atom is 0.315 e. The Morgan fingerprint density at radius 2 is 2.00 bits per heavy atom. The third-order valence-electron chi connectivity index (χ3n) is 4.66. The van der Waals surface area contributed by atoms with Gasteiger partial charge in [0.25, 0.3) is 5.91 Å². The molecule has 8 nitrogen and oxygen atoms in total. The third kappa shape index (κ3) is 6.74. The third-order valence-corrected chi connectivity index (χ3v) is 4.66. The van der Waals surface area contributed by atoms with E-state index in [1.54, 1.807) is 19.4 Å². The van der Waals surface area contributed by atoms with Crippen molar-refractivity contribution in [1.29, 1.82) is 0 Å². The number of carbonyl (C=O) groups is 2. The molecule has 1 saturated carbocycles. The Kier molecular flexibility index (Phi) is 7.38. The van der Waals surface area contributed by atoms with Crippen molar-refractivity contribution < 1.29 is 9.59 Å². The highest BCUT2D eigenvalue weighted by atomic mass is 16.2. The molecule has 0 radical (unpaired) electrons. The van der Waals surface area contributed by atoms with Crippen LogP contribution in [-0.2, 0) is 13.0 Å². The molecule has 0 unspecified atom stereocenters. The first-order valence-electron chi connectivity index (χ1n) is 10.0. The van der Waals surface area contributed by atoms with Crippen LogP contribution in [0.3, 0.4) is 0 Å². The largest absolute Gasteiger partial charge is 0.367 e. The molecule has 2 aromatic heterocycles. The summed E-state index contributed by atoms with van der Waals surface area (Å²) < 4.78 is 0. The smallest absolute Gasteiger partial charge is 0.315 e. The maximum absolute atomic E-state index is 12.0. The van der Waals surface area contributed by atoms with Gasteiger partial charge in [-0.2, -0.15) is 0 Å². The van der Waals surface area contributed by atoms with Gasteiger partial charge in [0.05, 0.1) is 5.56 Å². The maximum atomic E-state index is 12.0. The van der Waals surface area contributed by atoms with Crippen LogP contribution in [0.4, 0.5) is 10.6 Å². The van der Waals surface area contributed by atoms with E-state index in [4.69, 9.17) is 0 Å². The number of carbonyl (C=O) groups excluding carboxylic acids is 2. The summed E-state index contributed by atoms with van der Waals surface area (Å²) in [7, 11) is 1.62. The van der Waals surface area contributed by atoms with Gasteiger partial charge in [-0.25, -0.2) is 9.78 Å². The lowest BCUT2D eigenvalue weighted by molar-refractivity contribution is 0.0963. The minimum Gasteiger partial charge on any atom is -0.367 e. The van der Waals surface area contributed by atoms with Gasteiger partial charge in [0.2, 0.25) is 0 Å². The molecule has 0 spiro atoms. The second-order valence-electron chi connectivity index (χ2n) is 7.12. The number of nitrogens with zero attached hydrogens (tertiary/aromatic N) is 2. The van der Waals surface area contributed by atoms with E-state index in [0.29, 0.717) is 30.5 Å². The molecule has 0 saturated heterocycles. The molecular weight excluding hydrogens is 368 g/mol. The number of hydrogen-bond acceptors (Lipinski definition) is 5. The van der Waals surface area contributed by atoms with E-state index in [0.717, 1.165) is 43.4 Å². The van der Waals surface area contributed by atoms with Gasteiger partial charge < -0.3 is 21.3 Å². The van der Waals surface area contributed by atoms with Gasteiger partial charge in [-0.15, -0.1) is 0 Å². The normalized spacial score (nSPS) is 12.9. The minimum atomic E-state index is -0.183. The number of aryl methyl sites for hydroxylation is 1. The molecule has 0 atom stereocenters. The van der Waals surface area contributed by atoms with Crippen molar-refractivity contribution in [2.24, 2.45) is 0 Å². The topological polar surface area (TPSA) is 108 Å². The van der Waals surface area contributed by atoms with Gasteiger partial charge in [0, 0.05) is 44.3 Å². The van der Waals surface area contributed by atoms with Crippen molar-refractivity contribution in [3.8, 4) is 0 Å². The number of hydrogen-bond donors (Lipinski definition) is 4. The second-order valence-corrected chi connectivity index (χ2v) is 7.12. The summed E-state index contributed by atoms with van der Waals surface area (Å²) in [6.07, 6.45) is 8.22. The van der Waals surface area contributed by atoms with Crippen LogP contribution < -0.4 is 21.3 Å². The Balaban J connectivity index is 1.38. The molecule has 1 aliphatic carbocycles. The molecule has 1 aliphatic rings. The van der Waals surface area contributed by atoms with Crippen LogP contribution in [0.5, 0.6) is 0 Å². The first kappa shape index (κ1) is 20.6. The van der Waals surface area contributed by atoms with Gasteiger partial charge >= 0.3 is 6.03 Å². The van der Waals surface area contributed by atoms with E-state index in [1.807, 2.05) is 24.3 Å². The Morgan fingerprint density at radius 3 is 2.72 bits per heavy atom. The SMILES string of the molecule is CNC(=O)c1ccc(CCCCNC(=O)NCc2cccnc2)nc1NC1CC1. The molecule has 1 fully saturated rings. The highest BCUT2D eigenvalue weighted by Gasteiger charge is 2.24. The first-order chi connectivity index (χ1) is 14.2. The fraction of sp³-hybridized carbons (Fsp3) is 0.429. The summed E-state index contributed by atoms with van der Waals surface area (Å²) in [6.45, 7) is 1.06. The fourth-order valence-electron chi connectivity index (χ4n) is 2.87. The lowest BCUT2D eigenvalue weighted by Gasteiger charge is -2.12. The fourth-order valence-corrected chi connectivity index (χ4v) is 2.87. The van der Waals surface area contributed by atoms with Crippen LogP contribution >= 0.6 is 0 Å². The lowest BCUT2D eigenvalue weighted by Crippen LogP contribution is -2.35. The molecule has 4 N–H and O–H groups in total. The van der Waals surface area contributed by atoms with E-state index >= 15 is 0 Å².